The van der Waals surface area contributed by atoms with Crippen LogP contribution >= 0.6 is 0 Å². The average Bonchev–Trinajstić information content (AvgIpc) is 2.74. The van der Waals surface area contributed by atoms with Crippen molar-refractivity contribution in [3.8, 4) is 11.1 Å². The zero-order valence-corrected chi connectivity index (χ0v) is 11.4. The molecule has 0 unspecified atom stereocenters. The molecule has 0 fully saturated rings. The molecule has 2 aromatic heterocycles. The smallest absolute Gasteiger partial charge is 0.110 e. The first-order valence-corrected chi connectivity index (χ1v) is 5.88. The Labute approximate surface area is 114 Å². The van der Waals surface area contributed by atoms with E-state index in [-0.39, 0.29) is 45.3 Å². The van der Waals surface area contributed by atoms with E-state index in [4.69, 9.17) is 8.83 Å². The van der Waals surface area contributed by atoms with Gasteiger partial charge in [-0.15, -0.1) is 0 Å². The fourth-order valence-electron chi connectivity index (χ4n) is 2.46. The van der Waals surface area contributed by atoms with E-state index >= 15 is 0 Å². The summed E-state index contributed by atoms with van der Waals surface area (Å²) in [5.41, 5.74) is -0.0186. The van der Waals surface area contributed by atoms with E-state index in [0.717, 1.165) is 0 Å². The minimum atomic E-state index is -1.43. The van der Waals surface area contributed by atoms with Crippen LogP contribution < -0.4 is 10.2 Å². The average molecular weight is 276 g/mol. The van der Waals surface area contributed by atoms with Gasteiger partial charge in [0.15, 0.2) is 0 Å². The summed E-state index contributed by atoms with van der Waals surface area (Å²) < 4.78 is 10.6. The third-order valence-electron chi connectivity index (χ3n) is 3.18. The molecule has 0 N–H and O–H groups in total. The van der Waals surface area contributed by atoms with Crippen molar-refractivity contribution in [2.45, 2.75) is 27.7 Å². The number of carboxylic acids is 2. The Morgan fingerprint density at radius 2 is 1.00 bits per heavy atom. The quantitative estimate of drug-likeness (QED) is 0.808. The summed E-state index contributed by atoms with van der Waals surface area (Å²) in [6.45, 7) is 6.05. The molecule has 0 bridgehead atoms. The summed E-state index contributed by atoms with van der Waals surface area (Å²) in [6.07, 6.45) is 0. The molecule has 0 amide bonds. The largest absolute Gasteiger partial charge is 0.545 e. The van der Waals surface area contributed by atoms with Crippen molar-refractivity contribution in [3.05, 3.63) is 34.2 Å². The molecule has 0 aliphatic carbocycles. The molecule has 0 aromatic carbocycles. The van der Waals surface area contributed by atoms with Crippen molar-refractivity contribution in [3.63, 3.8) is 0 Å². The van der Waals surface area contributed by atoms with Gasteiger partial charge in [0.25, 0.3) is 0 Å². The second-order valence-electron chi connectivity index (χ2n) is 4.50. The van der Waals surface area contributed by atoms with E-state index in [9.17, 15) is 19.8 Å². The summed E-state index contributed by atoms with van der Waals surface area (Å²) in [5.74, 6) is -1.99. The molecule has 0 spiro atoms. The minimum Gasteiger partial charge on any atom is -0.545 e. The standard InChI is InChI=1S/C14H14O6/c1-5-9(11(13(15)16)7(3)19-5)10-6(2)20-8(4)12(10)14(17)18/h1-4H3,(H,15,16)(H,17,18)/p-2. The van der Waals surface area contributed by atoms with Gasteiger partial charge in [-0.2, -0.15) is 0 Å². The number of carbonyl (C=O) groups is 2. The maximum atomic E-state index is 11.3. The van der Waals surface area contributed by atoms with E-state index in [0.29, 0.717) is 0 Å². The number of aromatic carboxylic acids is 2. The van der Waals surface area contributed by atoms with Gasteiger partial charge in [-0.05, 0) is 27.7 Å². The highest BCUT2D eigenvalue weighted by Gasteiger charge is 2.25. The summed E-state index contributed by atoms with van der Waals surface area (Å²) in [7, 11) is 0. The van der Waals surface area contributed by atoms with Gasteiger partial charge in [-0.3, -0.25) is 0 Å². The van der Waals surface area contributed by atoms with Crippen LogP contribution in [0, 0.1) is 27.7 Å². The lowest BCUT2D eigenvalue weighted by Gasteiger charge is -2.09. The predicted molar refractivity (Wildman–Crippen MR) is 64.0 cm³/mol. The van der Waals surface area contributed by atoms with Gasteiger partial charge in [-0.1, -0.05) is 0 Å². The molecule has 6 heteroatoms. The topological polar surface area (TPSA) is 107 Å². The first kappa shape index (κ1) is 13.9. The van der Waals surface area contributed by atoms with Crippen LogP contribution in [-0.4, -0.2) is 11.9 Å². The van der Waals surface area contributed by atoms with Crippen molar-refractivity contribution in [1.82, 2.24) is 0 Å². The van der Waals surface area contributed by atoms with Crippen LogP contribution in [0.1, 0.15) is 43.8 Å². The molecular formula is C14H12O6-2. The Morgan fingerprint density at radius 1 is 0.700 bits per heavy atom. The zero-order chi connectivity index (χ0) is 15.2. The first-order chi connectivity index (χ1) is 9.25. The van der Waals surface area contributed by atoms with Gasteiger partial charge < -0.3 is 28.6 Å². The van der Waals surface area contributed by atoms with Crippen molar-refractivity contribution >= 4 is 11.9 Å². The minimum absolute atomic E-state index is 0.153. The second kappa shape index (κ2) is 4.56. The summed E-state index contributed by atoms with van der Waals surface area (Å²) in [6, 6.07) is 0. The van der Waals surface area contributed by atoms with E-state index in [2.05, 4.69) is 0 Å². The van der Waals surface area contributed by atoms with Crippen LogP contribution in [0.3, 0.4) is 0 Å². The van der Waals surface area contributed by atoms with Crippen molar-refractivity contribution in [1.29, 1.82) is 0 Å². The molecule has 2 rings (SSSR count). The van der Waals surface area contributed by atoms with E-state index in [1.807, 2.05) is 0 Å². The zero-order valence-electron chi connectivity index (χ0n) is 11.4. The SMILES string of the molecule is Cc1oc(C)c(-c2c(C)oc(C)c2C(=O)[O-])c1C(=O)[O-]. The lowest BCUT2D eigenvalue weighted by molar-refractivity contribution is -0.256. The predicted octanol–water partition coefficient (Wildman–Crippen LogP) is 0.500. The number of hydrogen-bond acceptors (Lipinski definition) is 6. The van der Waals surface area contributed by atoms with Crippen molar-refractivity contribution in [2.75, 3.05) is 0 Å². The Hall–Kier alpha value is -2.50. The van der Waals surface area contributed by atoms with Gasteiger partial charge in [-0.25, -0.2) is 0 Å². The van der Waals surface area contributed by atoms with E-state index < -0.39 is 11.9 Å². The van der Waals surface area contributed by atoms with Gasteiger partial charge in [0.1, 0.15) is 23.0 Å². The van der Waals surface area contributed by atoms with E-state index in [1.54, 1.807) is 13.8 Å². The highest BCUT2D eigenvalue weighted by molar-refractivity contribution is 6.03. The molecule has 2 aromatic rings. The summed E-state index contributed by atoms with van der Waals surface area (Å²) in [4.78, 5) is 22.5. The van der Waals surface area contributed by atoms with Crippen LogP contribution in [0.5, 0.6) is 0 Å². The Morgan fingerprint density at radius 3 is 1.25 bits per heavy atom. The fourth-order valence-corrected chi connectivity index (χ4v) is 2.46. The molecule has 0 aliphatic heterocycles. The van der Waals surface area contributed by atoms with Crippen LogP contribution in [0.25, 0.3) is 11.1 Å². The third kappa shape index (κ3) is 1.89. The molecule has 0 saturated heterocycles. The van der Waals surface area contributed by atoms with Crippen molar-refractivity contribution in [2.24, 2.45) is 0 Å². The lowest BCUT2D eigenvalue weighted by atomic mass is 9.96. The number of carbonyl (C=O) groups excluding carboxylic acids is 2. The van der Waals surface area contributed by atoms with Crippen LogP contribution in [-0.2, 0) is 0 Å². The Bertz CT molecular complexity index is 654. The second-order valence-corrected chi connectivity index (χ2v) is 4.50. The molecule has 106 valence electrons. The molecule has 6 nitrogen and oxygen atoms in total. The van der Waals surface area contributed by atoms with Gasteiger partial charge in [0.2, 0.25) is 0 Å². The van der Waals surface area contributed by atoms with E-state index in [1.165, 1.54) is 13.8 Å². The van der Waals surface area contributed by atoms with Crippen LogP contribution in [0.2, 0.25) is 0 Å². The molecular weight excluding hydrogens is 264 g/mol. The molecule has 0 saturated carbocycles. The summed E-state index contributed by atoms with van der Waals surface area (Å²) >= 11 is 0. The van der Waals surface area contributed by atoms with Gasteiger partial charge >= 0.3 is 0 Å². The van der Waals surface area contributed by atoms with Gasteiger partial charge in [0, 0.05) is 22.3 Å². The first-order valence-electron chi connectivity index (χ1n) is 5.88. The normalized spacial score (nSPS) is 10.8. The molecule has 0 radical (unpaired) electrons. The molecule has 0 aliphatic rings. The molecule has 0 atom stereocenters. The number of aryl methyl sites for hydroxylation is 4. The van der Waals surface area contributed by atoms with Crippen molar-refractivity contribution < 1.29 is 28.6 Å². The lowest BCUT2D eigenvalue weighted by Crippen LogP contribution is -2.25. The molecule has 2 heterocycles. The number of carboxylic acid groups (broad SMARTS) is 2. The fraction of sp³-hybridized carbons (Fsp3) is 0.286. The summed E-state index contributed by atoms with van der Waals surface area (Å²) in [5, 5.41) is 22.5. The Kier molecular flexibility index (Phi) is 3.17. The number of hydrogen-bond donors (Lipinski definition) is 0. The number of furan rings is 2. The highest BCUT2D eigenvalue weighted by Crippen LogP contribution is 2.38. The third-order valence-corrected chi connectivity index (χ3v) is 3.18. The monoisotopic (exact) mass is 276 g/mol. The highest BCUT2D eigenvalue weighted by atomic mass is 16.4. The van der Waals surface area contributed by atoms with Gasteiger partial charge in [0.05, 0.1) is 11.9 Å². The maximum absolute atomic E-state index is 11.3. The van der Waals surface area contributed by atoms with Crippen LogP contribution in [0.15, 0.2) is 8.83 Å². The van der Waals surface area contributed by atoms with Crippen LogP contribution in [0.4, 0.5) is 0 Å². The number of rotatable bonds is 3. The maximum Gasteiger partial charge on any atom is 0.110 e. The molecule has 20 heavy (non-hydrogen) atoms. The Balaban J connectivity index is 2.89.